The van der Waals surface area contributed by atoms with E-state index in [1.54, 1.807) is 0 Å². The third kappa shape index (κ3) is 5.50. The Kier molecular flexibility index (Phi) is 7.41. The molecule has 6 heteroatoms. The molecule has 0 fully saturated rings. The number of benzene rings is 1. The minimum Gasteiger partial charge on any atom is -0.491 e. The molecular formula is C13H18Br2N2O2. The minimum absolute atomic E-state index is 0.00510. The van der Waals surface area contributed by atoms with E-state index in [1.165, 1.54) is 0 Å². The fourth-order valence-corrected chi connectivity index (χ4v) is 3.10. The molecule has 0 bridgehead atoms. The highest BCUT2D eigenvalue weighted by Crippen LogP contribution is 2.34. The van der Waals surface area contributed by atoms with Crippen LogP contribution in [0, 0.1) is 0 Å². The number of halogens is 2. The summed E-state index contributed by atoms with van der Waals surface area (Å²) in [6.07, 6.45) is 1.16. The van der Waals surface area contributed by atoms with Crippen LogP contribution in [0.5, 0.6) is 5.75 Å². The molecule has 0 unspecified atom stereocenters. The van der Waals surface area contributed by atoms with Crippen molar-refractivity contribution in [3.8, 4) is 5.75 Å². The second kappa shape index (κ2) is 8.55. The lowest BCUT2D eigenvalue weighted by molar-refractivity contribution is -0.121. The highest BCUT2D eigenvalue weighted by molar-refractivity contribution is 9.11. The summed E-state index contributed by atoms with van der Waals surface area (Å²) >= 11 is 6.94. The van der Waals surface area contributed by atoms with Gasteiger partial charge in [0.15, 0.2) is 0 Å². The molecule has 0 spiro atoms. The van der Waals surface area contributed by atoms with E-state index in [2.05, 4.69) is 37.2 Å². The quantitative estimate of drug-likeness (QED) is 0.748. The van der Waals surface area contributed by atoms with Gasteiger partial charge >= 0.3 is 0 Å². The van der Waals surface area contributed by atoms with Crippen LogP contribution in [0.1, 0.15) is 18.9 Å². The van der Waals surface area contributed by atoms with Crippen molar-refractivity contribution in [3.63, 3.8) is 0 Å². The lowest BCUT2D eigenvalue weighted by Gasteiger charge is -2.12. The second-order valence-electron chi connectivity index (χ2n) is 3.98. The highest BCUT2D eigenvalue weighted by Gasteiger charge is 2.09. The summed E-state index contributed by atoms with van der Waals surface area (Å²) in [6, 6.07) is 3.97. The SMILES string of the molecule is CCNC(=O)CCOc1c(Br)cc(CCN)cc1Br. The average molecular weight is 394 g/mol. The highest BCUT2D eigenvalue weighted by atomic mass is 79.9. The smallest absolute Gasteiger partial charge is 0.223 e. The molecular weight excluding hydrogens is 376 g/mol. The molecule has 1 rings (SSSR count). The predicted molar refractivity (Wildman–Crippen MR) is 83.4 cm³/mol. The summed E-state index contributed by atoms with van der Waals surface area (Å²) in [7, 11) is 0. The van der Waals surface area contributed by atoms with Crippen molar-refractivity contribution in [3.05, 3.63) is 26.6 Å². The molecule has 0 saturated heterocycles. The fraction of sp³-hybridized carbons (Fsp3) is 0.462. The Balaban J connectivity index is 2.61. The van der Waals surface area contributed by atoms with Crippen LogP contribution in [-0.4, -0.2) is 25.6 Å². The third-order valence-electron chi connectivity index (χ3n) is 2.44. The monoisotopic (exact) mass is 392 g/mol. The topological polar surface area (TPSA) is 64.3 Å². The van der Waals surface area contributed by atoms with E-state index in [0.29, 0.717) is 31.9 Å². The Morgan fingerprint density at radius 2 is 2.00 bits per heavy atom. The lowest BCUT2D eigenvalue weighted by atomic mass is 10.1. The molecule has 1 amide bonds. The van der Waals surface area contributed by atoms with Gasteiger partial charge in [0.25, 0.3) is 0 Å². The summed E-state index contributed by atoms with van der Waals surface area (Å²) in [5.41, 5.74) is 6.67. The standard InChI is InChI=1S/C13H18Br2N2O2/c1-2-17-12(18)4-6-19-13-10(14)7-9(3-5-16)8-11(13)15/h7-8H,2-6,16H2,1H3,(H,17,18). The molecule has 0 aliphatic carbocycles. The Morgan fingerprint density at radius 3 is 2.53 bits per heavy atom. The van der Waals surface area contributed by atoms with Crippen molar-refractivity contribution in [1.29, 1.82) is 0 Å². The number of carbonyl (C=O) groups is 1. The predicted octanol–water partition coefficient (Wildman–Crippen LogP) is 2.62. The Bertz CT molecular complexity index is 416. The van der Waals surface area contributed by atoms with Crippen LogP contribution in [0.25, 0.3) is 0 Å². The zero-order valence-corrected chi connectivity index (χ0v) is 14.0. The van der Waals surface area contributed by atoms with Crippen LogP contribution in [0.2, 0.25) is 0 Å². The van der Waals surface area contributed by atoms with Gasteiger partial charge in [-0.3, -0.25) is 4.79 Å². The first kappa shape index (κ1) is 16.5. The first-order valence-electron chi connectivity index (χ1n) is 6.16. The van der Waals surface area contributed by atoms with Gasteiger partial charge < -0.3 is 15.8 Å². The van der Waals surface area contributed by atoms with Crippen molar-refractivity contribution >= 4 is 37.8 Å². The Hall–Kier alpha value is -0.590. The minimum atomic E-state index is -0.00510. The lowest BCUT2D eigenvalue weighted by Crippen LogP contribution is -2.24. The number of carbonyl (C=O) groups excluding carboxylic acids is 1. The van der Waals surface area contributed by atoms with Crippen molar-refractivity contribution in [2.24, 2.45) is 5.73 Å². The van der Waals surface area contributed by atoms with E-state index in [-0.39, 0.29) is 5.91 Å². The number of ether oxygens (including phenoxy) is 1. The first-order chi connectivity index (χ1) is 9.08. The van der Waals surface area contributed by atoms with E-state index in [9.17, 15) is 4.79 Å². The van der Waals surface area contributed by atoms with Crippen LogP contribution in [0.15, 0.2) is 21.1 Å². The molecule has 1 aromatic carbocycles. The van der Waals surface area contributed by atoms with Gasteiger partial charge in [-0.1, -0.05) is 0 Å². The zero-order chi connectivity index (χ0) is 14.3. The molecule has 4 nitrogen and oxygen atoms in total. The first-order valence-corrected chi connectivity index (χ1v) is 7.74. The van der Waals surface area contributed by atoms with Crippen molar-refractivity contribution < 1.29 is 9.53 Å². The largest absolute Gasteiger partial charge is 0.491 e. The average Bonchev–Trinajstić information content (AvgIpc) is 2.33. The molecule has 0 aliphatic heterocycles. The molecule has 106 valence electrons. The van der Waals surface area contributed by atoms with Gasteiger partial charge in [-0.15, -0.1) is 0 Å². The molecule has 0 radical (unpaired) electrons. The van der Waals surface area contributed by atoms with Gasteiger partial charge in [0.1, 0.15) is 5.75 Å². The summed E-state index contributed by atoms with van der Waals surface area (Å²) in [4.78, 5) is 11.3. The maximum Gasteiger partial charge on any atom is 0.223 e. The normalized spacial score (nSPS) is 10.3. The second-order valence-corrected chi connectivity index (χ2v) is 5.69. The maximum absolute atomic E-state index is 11.3. The molecule has 0 aliphatic rings. The van der Waals surface area contributed by atoms with Crippen molar-refractivity contribution in [2.45, 2.75) is 19.8 Å². The fourth-order valence-electron chi connectivity index (χ4n) is 1.59. The zero-order valence-electron chi connectivity index (χ0n) is 10.8. The maximum atomic E-state index is 11.3. The van der Waals surface area contributed by atoms with Gasteiger partial charge in [0, 0.05) is 6.54 Å². The van der Waals surface area contributed by atoms with Crippen LogP contribution >= 0.6 is 31.9 Å². The van der Waals surface area contributed by atoms with Gasteiger partial charge in [0.2, 0.25) is 5.91 Å². The van der Waals surface area contributed by atoms with Crippen LogP contribution in [0.3, 0.4) is 0 Å². The van der Waals surface area contributed by atoms with Gasteiger partial charge in [-0.2, -0.15) is 0 Å². The molecule has 19 heavy (non-hydrogen) atoms. The van der Waals surface area contributed by atoms with Gasteiger partial charge in [-0.25, -0.2) is 0 Å². The molecule has 0 saturated carbocycles. The molecule has 0 heterocycles. The van der Waals surface area contributed by atoms with E-state index in [1.807, 2.05) is 19.1 Å². The van der Waals surface area contributed by atoms with Crippen molar-refractivity contribution in [1.82, 2.24) is 5.32 Å². The van der Waals surface area contributed by atoms with Gasteiger partial charge in [0.05, 0.1) is 22.0 Å². The molecule has 3 N–H and O–H groups in total. The number of nitrogens with two attached hydrogens (primary N) is 1. The van der Waals surface area contributed by atoms with Crippen LogP contribution in [-0.2, 0) is 11.2 Å². The number of nitrogens with one attached hydrogen (secondary N) is 1. The number of amides is 1. The van der Waals surface area contributed by atoms with E-state index in [4.69, 9.17) is 10.5 Å². The van der Waals surface area contributed by atoms with Gasteiger partial charge in [-0.05, 0) is 69.4 Å². The van der Waals surface area contributed by atoms with E-state index < -0.39 is 0 Å². The summed E-state index contributed by atoms with van der Waals surface area (Å²) in [6.45, 7) is 3.48. The summed E-state index contributed by atoms with van der Waals surface area (Å²) < 4.78 is 7.36. The Labute approximate surface area is 130 Å². The molecule has 0 aromatic heterocycles. The van der Waals surface area contributed by atoms with Crippen LogP contribution < -0.4 is 15.8 Å². The molecule has 0 atom stereocenters. The number of hydrogen-bond acceptors (Lipinski definition) is 3. The third-order valence-corrected chi connectivity index (χ3v) is 3.62. The number of hydrogen-bond donors (Lipinski definition) is 2. The van der Waals surface area contributed by atoms with E-state index >= 15 is 0 Å². The summed E-state index contributed by atoms with van der Waals surface area (Å²) in [5, 5.41) is 2.73. The van der Waals surface area contributed by atoms with Crippen LogP contribution in [0.4, 0.5) is 0 Å². The summed E-state index contributed by atoms with van der Waals surface area (Å²) in [5.74, 6) is 0.708. The Morgan fingerprint density at radius 1 is 1.37 bits per heavy atom. The number of rotatable bonds is 7. The van der Waals surface area contributed by atoms with E-state index in [0.717, 1.165) is 20.9 Å². The molecule has 1 aromatic rings. The van der Waals surface area contributed by atoms with Crippen molar-refractivity contribution in [2.75, 3.05) is 19.7 Å².